The summed E-state index contributed by atoms with van der Waals surface area (Å²) in [6.45, 7) is 12.1. The van der Waals surface area contributed by atoms with Crippen molar-refractivity contribution < 1.29 is 4.21 Å². The topological polar surface area (TPSA) is 66.4 Å². The van der Waals surface area contributed by atoms with Crippen LogP contribution in [-0.2, 0) is 17.3 Å². The zero-order valence-corrected chi connectivity index (χ0v) is 15.2. The Labute approximate surface area is 134 Å². The van der Waals surface area contributed by atoms with Crippen molar-refractivity contribution in [1.29, 1.82) is 0 Å². The molecule has 0 aliphatic carbocycles. The summed E-state index contributed by atoms with van der Waals surface area (Å²) >= 11 is 1.66. The van der Waals surface area contributed by atoms with E-state index in [1.165, 1.54) is 4.88 Å². The molecule has 1 aromatic heterocycles. The van der Waals surface area contributed by atoms with Gasteiger partial charge < -0.3 is 10.6 Å². The lowest BCUT2D eigenvalue weighted by Gasteiger charge is -2.18. The summed E-state index contributed by atoms with van der Waals surface area (Å²) in [5.41, 5.74) is 0. The number of guanidine groups is 1. The van der Waals surface area contributed by atoms with Crippen molar-refractivity contribution in [2.24, 2.45) is 4.99 Å². The summed E-state index contributed by atoms with van der Waals surface area (Å²) < 4.78 is 11.8. The van der Waals surface area contributed by atoms with E-state index in [9.17, 15) is 4.21 Å². The van der Waals surface area contributed by atoms with Crippen LogP contribution in [-0.4, -0.2) is 38.7 Å². The van der Waals surface area contributed by atoms with Crippen molar-refractivity contribution in [3.63, 3.8) is 0 Å². The number of aryl methyl sites for hydroxylation is 1. The van der Waals surface area contributed by atoms with Crippen molar-refractivity contribution in [2.45, 2.75) is 45.9 Å². The molecule has 0 aliphatic rings. The molecule has 0 radical (unpaired) electrons. The Bertz CT molecular complexity index is 491. The van der Waals surface area contributed by atoms with Crippen molar-refractivity contribution in [3.8, 4) is 0 Å². The van der Waals surface area contributed by atoms with Crippen LogP contribution in [0.25, 0.3) is 0 Å². The first-order valence-corrected chi connectivity index (χ1v) is 9.28. The van der Waals surface area contributed by atoms with E-state index >= 15 is 0 Å². The molecule has 120 valence electrons. The lowest BCUT2D eigenvalue weighted by Crippen LogP contribution is -2.40. The molecule has 0 bridgehead atoms. The van der Waals surface area contributed by atoms with Crippen molar-refractivity contribution >= 4 is 28.1 Å². The van der Waals surface area contributed by atoms with Gasteiger partial charge in [0, 0.05) is 45.5 Å². The Kier molecular flexibility index (Phi) is 7.31. The van der Waals surface area contributed by atoms with Gasteiger partial charge in [0.2, 0.25) is 0 Å². The molecule has 0 saturated heterocycles. The molecule has 7 heteroatoms. The summed E-state index contributed by atoms with van der Waals surface area (Å²) in [5, 5.41) is 7.42. The molecule has 0 fully saturated rings. The molecule has 0 spiro atoms. The minimum Gasteiger partial charge on any atom is -0.357 e. The maximum absolute atomic E-state index is 12.0. The predicted molar refractivity (Wildman–Crippen MR) is 92.4 cm³/mol. The number of nitrogens with zero attached hydrogens (tertiary/aromatic N) is 2. The molecule has 1 unspecified atom stereocenters. The highest BCUT2D eigenvalue weighted by atomic mass is 32.2. The number of hydrogen-bond acceptors (Lipinski definition) is 4. The summed E-state index contributed by atoms with van der Waals surface area (Å²) in [5.74, 6) is 1.36. The van der Waals surface area contributed by atoms with E-state index in [1.807, 2.05) is 40.8 Å². The molecule has 1 aromatic rings. The highest BCUT2D eigenvalue weighted by Crippen LogP contribution is 2.12. The minimum absolute atomic E-state index is 0.171. The van der Waals surface area contributed by atoms with Gasteiger partial charge in [-0.1, -0.05) is 0 Å². The normalized spacial score (nSPS) is 14.0. The summed E-state index contributed by atoms with van der Waals surface area (Å²) in [4.78, 5) is 9.99. The lowest BCUT2D eigenvalue weighted by molar-refractivity contribution is 0.647. The molecule has 1 heterocycles. The monoisotopic (exact) mass is 330 g/mol. The third kappa shape index (κ3) is 7.04. The number of aromatic nitrogens is 1. The van der Waals surface area contributed by atoms with Gasteiger partial charge in [0.25, 0.3) is 0 Å². The Morgan fingerprint density at radius 2 is 2.14 bits per heavy atom. The Morgan fingerprint density at radius 3 is 2.67 bits per heavy atom. The standard InChI is InChI=1S/C14H26N4OS2/c1-6-15-13(16-7-8-21(19)14(3,4)5)18-10-12-17-9-11(2)20-12/h9H,6-8,10H2,1-5H3,(H2,15,16,18). The lowest BCUT2D eigenvalue weighted by atomic mass is 10.3. The van der Waals surface area contributed by atoms with Crippen LogP contribution in [0.2, 0.25) is 0 Å². The molecule has 1 rings (SSSR count). The van der Waals surface area contributed by atoms with E-state index in [1.54, 1.807) is 11.3 Å². The molecule has 5 nitrogen and oxygen atoms in total. The second-order valence-corrected chi connectivity index (χ2v) is 9.29. The van der Waals surface area contributed by atoms with Crippen LogP contribution >= 0.6 is 11.3 Å². The van der Waals surface area contributed by atoms with Gasteiger partial charge in [0.15, 0.2) is 5.96 Å². The van der Waals surface area contributed by atoms with Gasteiger partial charge in [0.05, 0.1) is 6.54 Å². The second kappa shape index (κ2) is 8.48. The predicted octanol–water partition coefficient (Wildman–Crippen LogP) is 2.05. The molecular formula is C14H26N4OS2. The van der Waals surface area contributed by atoms with E-state index in [0.717, 1.165) is 17.5 Å². The fraction of sp³-hybridized carbons (Fsp3) is 0.714. The van der Waals surface area contributed by atoms with Crippen molar-refractivity contribution in [2.75, 3.05) is 18.8 Å². The largest absolute Gasteiger partial charge is 0.357 e. The second-order valence-electron chi connectivity index (χ2n) is 5.65. The first kappa shape index (κ1) is 18.1. The van der Waals surface area contributed by atoms with Crippen LogP contribution in [0.15, 0.2) is 11.2 Å². The fourth-order valence-corrected chi connectivity index (χ4v) is 3.14. The summed E-state index contributed by atoms with van der Waals surface area (Å²) in [7, 11) is -0.850. The van der Waals surface area contributed by atoms with Crippen LogP contribution in [0, 0.1) is 6.92 Å². The molecule has 0 aliphatic heterocycles. The minimum atomic E-state index is -0.850. The van der Waals surface area contributed by atoms with Gasteiger partial charge in [-0.3, -0.25) is 4.21 Å². The molecular weight excluding hydrogens is 304 g/mol. The Balaban J connectivity index is 2.47. The van der Waals surface area contributed by atoms with E-state index in [0.29, 0.717) is 18.8 Å². The third-order valence-electron chi connectivity index (χ3n) is 2.65. The number of aliphatic imine (C=N–C) groups is 1. The van der Waals surface area contributed by atoms with Crippen LogP contribution in [0.3, 0.4) is 0 Å². The third-order valence-corrected chi connectivity index (χ3v) is 5.49. The number of rotatable bonds is 6. The molecule has 0 amide bonds. The number of nitrogens with one attached hydrogen (secondary N) is 2. The number of hydrogen-bond donors (Lipinski definition) is 2. The summed E-state index contributed by atoms with van der Waals surface area (Å²) in [6, 6.07) is 0. The smallest absolute Gasteiger partial charge is 0.191 e. The van der Waals surface area contributed by atoms with Crippen molar-refractivity contribution in [1.82, 2.24) is 15.6 Å². The first-order valence-electron chi connectivity index (χ1n) is 7.15. The highest BCUT2D eigenvalue weighted by molar-refractivity contribution is 7.86. The zero-order chi connectivity index (χ0) is 15.9. The quantitative estimate of drug-likeness (QED) is 0.619. The van der Waals surface area contributed by atoms with Gasteiger partial charge >= 0.3 is 0 Å². The van der Waals surface area contributed by atoms with Gasteiger partial charge in [-0.15, -0.1) is 11.3 Å². The molecule has 2 N–H and O–H groups in total. The fourth-order valence-electron chi connectivity index (χ4n) is 1.53. The van der Waals surface area contributed by atoms with E-state index in [-0.39, 0.29) is 4.75 Å². The Morgan fingerprint density at radius 1 is 1.43 bits per heavy atom. The Hall–Kier alpha value is -0.950. The van der Waals surface area contributed by atoms with E-state index in [2.05, 4.69) is 20.6 Å². The van der Waals surface area contributed by atoms with Crippen molar-refractivity contribution in [3.05, 3.63) is 16.1 Å². The van der Waals surface area contributed by atoms with Crippen LogP contribution in [0.1, 0.15) is 37.6 Å². The van der Waals surface area contributed by atoms with Gasteiger partial charge in [-0.2, -0.15) is 0 Å². The SMILES string of the molecule is CCNC(=NCc1ncc(C)s1)NCCS(=O)C(C)(C)C. The average Bonchev–Trinajstić information content (AvgIpc) is 2.80. The van der Waals surface area contributed by atoms with Gasteiger partial charge in [0.1, 0.15) is 5.01 Å². The molecule has 1 atom stereocenters. The molecule has 0 aromatic carbocycles. The van der Waals surface area contributed by atoms with Gasteiger partial charge in [-0.05, 0) is 34.6 Å². The average molecular weight is 331 g/mol. The molecule has 0 saturated carbocycles. The maximum Gasteiger partial charge on any atom is 0.191 e. The number of thiazole rings is 1. The zero-order valence-electron chi connectivity index (χ0n) is 13.5. The van der Waals surface area contributed by atoms with Gasteiger partial charge in [-0.25, -0.2) is 9.98 Å². The first-order chi connectivity index (χ1) is 9.82. The van der Waals surface area contributed by atoms with E-state index in [4.69, 9.17) is 0 Å². The maximum atomic E-state index is 12.0. The molecule has 21 heavy (non-hydrogen) atoms. The van der Waals surface area contributed by atoms with E-state index < -0.39 is 10.8 Å². The van der Waals surface area contributed by atoms with Crippen LogP contribution in [0.4, 0.5) is 0 Å². The summed E-state index contributed by atoms with van der Waals surface area (Å²) in [6.07, 6.45) is 1.86. The van der Waals surface area contributed by atoms with Crippen LogP contribution < -0.4 is 10.6 Å². The highest BCUT2D eigenvalue weighted by Gasteiger charge is 2.18. The van der Waals surface area contributed by atoms with Crippen LogP contribution in [0.5, 0.6) is 0 Å².